The van der Waals surface area contributed by atoms with Crippen LogP contribution in [0, 0.1) is 5.82 Å². The van der Waals surface area contributed by atoms with Gasteiger partial charge in [-0.2, -0.15) is 0 Å². The second kappa shape index (κ2) is 5.58. The average Bonchev–Trinajstić information content (AvgIpc) is 2.83. The van der Waals surface area contributed by atoms with E-state index in [-0.39, 0.29) is 17.8 Å². The van der Waals surface area contributed by atoms with Crippen molar-refractivity contribution in [2.24, 2.45) is 0 Å². The topological polar surface area (TPSA) is 41.1 Å². The van der Waals surface area contributed by atoms with Crippen LogP contribution in [0.2, 0.25) is 0 Å². The summed E-state index contributed by atoms with van der Waals surface area (Å²) in [6.45, 7) is 0. The van der Waals surface area contributed by atoms with Gasteiger partial charge in [-0.15, -0.1) is 0 Å². The molecule has 2 aromatic rings. The quantitative estimate of drug-likeness (QED) is 0.892. The van der Waals surface area contributed by atoms with Gasteiger partial charge in [0.2, 0.25) is 5.91 Å². The van der Waals surface area contributed by atoms with Crippen LogP contribution in [0.15, 0.2) is 40.9 Å². The van der Waals surface area contributed by atoms with Crippen LogP contribution >= 0.6 is 15.9 Å². The number of hydrogen-bond acceptors (Lipinski definition) is 2. The number of halogens is 2. The number of benzene rings is 2. The number of carbonyl (C=O) groups excluding carboxylic acids is 1. The Morgan fingerprint density at radius 2 is 2.14 bits per heavy atom. The van der Waals surface area contributed by atoms with E-state index in [4.69, 9.17) is 0 Å². The zero-order chi connectivity index (χ0) is 15.0. The van der Waals surface area contributed by atoms with E-state index in [9.17, 15) is 9.18 Å². The summed E-state index contributed by atoms with van der Waals surface area (Å²) in [5, 5.41) is 6.02. The molecule has 0 radical (unpaired) electrons. The van der Waals surface area contributed by atoms with Gasteiger partial charge in [0.15, 0.2) is 0 Å². The number of anilines is 1. The van der Waals surface area contributed by atoms with E-state index in [0.717, 1.165) is 22.4 Å². The first kappa shape index (κ1) is 14.2. The third kappa shape index (κ3) is 2.59. The molecule has 1 atom stereocenters. The van der Waals surface area contributed by atoms with Crippen molar-refractivity contribution in [3.05, 3.63) is 63.4 Å². The Morgan fingerprint density at radius 1 is 1.33 bits per heavy atom. The fourth-order valence-electron chi connectivity index (χ4n) is 2.67. The fourth-order valence-corrected chi connectivity index (χ4v) is 3.17. The lowest BCUT2D eigenvalue weighted by Crippen LogP contribution is -2.18. The molecule has 21 heavy (non-hydrogen) atoms. The summed E-state index contributed by atoms with van der Waals surface area (Å²) in [5.74, 6) is -0.277. The van der Waals surface area contributed by atoms with Gasteiger partial charge in [0.05, 0.1) is 16.9 Å². The van der Waals surface area contributed by atoms with Gasteiger partial charge >= 0.3 is 0 Å². The summed E-state index contributed by atoms with van der Waals surface area (Å²) in [6.07, 6.45) is 0.393. The summed E-state index contributed by atoms with van der Waals surface area (Å²) in [5.41, 5.74) is 3.66. The number of nitrogens with one attached hydrogen (secondary N) is 2. The molecule has 0 saturated heterocycles. The lowest BCUT2D eigenvalue weighted by molar-refractivity contribution is -0.115. The predicted octanol–water partition coefficient (Wildman–Crippen LogP) is 3.39. The molecular formula is C16H14BrFN2O. The first-order chi connectivity index (χ1) is 10.1. The van der Waals surface area contributed by atoms with Crippen LogP contribution in [0.1, 0.15) is 22.7 Å². The van der Waals surface area contributed by atoms with E-state index in [2.05, 4.69) is 26.6 Å². The highest BCUT2D eigenvalue weighted by molar-refractivity contribution is 9.10. The number of amides is 1. The van der Waals surface area contributed by atoms with Crippen molar-refractivity contribution >= 4 is 27.5 Å². The Labute approximate surface area is 130 Å². The molecule has 1 amide bonds. The minimum Gasteiger partial charge on any atom is -0.326 e. The van der Waals surface area contributed by atoms with Crippen molar-refractivity contribution in [1.29, 1.82) is 0 Å². The first-order valence-electron chi connectivity index (χ1n) is 6.64. The highest BCUT2D eigenvalue weighted by Crippen LogP contribution is 2.33. The highest BCUT2D eigenvalue weighted by atomic mass is 79.9. The molecule has 0 aliphatic carbocycles. The Kier molecular flexibility index (Phi) is 3.78. The molecule has 0 spiro atoms. The summed E-state index contributed by atoms with van der Waals surface area (Å²) < 4.78 is 14.2. The Morgan fingerprint density at radius 3 is 2.90 bits per heavy atom. The normalized spacial score (nSPS) is 14.7. The van der Waals surface area contributed by atoms with E-state index in [1.54, 1.807) is 6.07 Å². The molecule has 0 bridgehead atoms. The Hall–Kier alpha value is -1.72. The van der Waals surface area contributed by atoms with Gasteiger partial charge in [0.25, 0.3) is 0 Å². The van der Waals surface area contributed by atoms with Crippen molar-refractivity contribution in [3.63, 3.8) is 0 Å². The van der Waals surface area contributed by atoms with Crippen molar-refractivity contribution in [1.82, 2.24) is 5.32 Å². The molecule has 1 heterocycles. The van der Waals surface area contributed by atoms with Gasteiger partial charge < -0.3 is 10.6 Å². The molecule has 5 heteroatoms. The number of carbonyl (C=O) groups is 1. The molecule has 0 aromatic heterocycles. The number of hydrogen-bond donors (Lipinski definition) is 2. The standard InChI is InChI=1S/C16H14BrFN2O/c1-19-16(11-3-2-4-12(18)15(11)17)9-5-6-13-10(7-9)8-14(21)20-13/h2-7,16,19H,8H2,1H3,(H,20,21). The molecule has 2 N–H and O–H groups in total. The minimum absolute atomic E-state index is 0.00935. The van der Waals surface area contributed by atoms with Gasteiger partial charge in [0.1, 0.15) is 5.82 Å². The van der Waals surface area contributed by atoms with Crippen LogP contribution in [-0.2, 0) is 11.2 Å². The second-order valence-electron chi connectivity index (χ2n) is 5.01. The average molecular weight is 349 g/mol. The molecule has 1 aliphatic rings. The summed E-state index contributed by atoms with van der Waals surface area (Å²) in [6, 6.07) is 10.7. The summed E-state index contributed by atoms with van der Waals surface area (Å²) in [7, 11) is 1.83. The first-order valence-corrected chi connectivity index (χ1v) is 7.43. The number of fused-ring (bicyclic) bond motifs is 1. The zero-order valence-corrected chi connectivity index (χ0v) is 13.0. The maximum Gasteiger partial charge on any atom is 0.228 e. The van der Waals surface area contributed by atoms with Gasteiger partial charge in [-0.1, -0.05) is 24.3 Å². The van der Waals surface area contributed by atoms with Gasteiger partial charge in [-0.25, -0.2) is 4.39 Å². The summed E-state index contributed by atoms with van der Waals surface area (Å²) in [4.78, 5) is 11.4. The van der Waals surface area contributed by atoms with Crippen LogP contribution in [0.5, 0.6) is 0 Å². The van der Waals surface area contributed by atoms with Crippen molar-refractivity contribution < 1.29 is 9.18 Å². The Bertz CT molecular complexity index is 717. The number of rotatable bonds is 3. The van der Waals surface area contributed by atoms with Crippen LogP contribution < -0.4 is 10.6 Å². The highest BCUT2D eigenvalue weighted by Gasteiger charge is 2.22. The van der Waals surface area contributed by atoms with E-state index in [0.29, 0.717) is 10.9 Å². The Balaban J connectivity index is 2.03. The van der Waals surface area contributed by atoms with Gasteiger partial charge in [-0.05, 0) is 51.8 Å². The molecule has 2 aromatic carbocycles. The van der Waals surface area contributed by atoms with E-state index >= 15 is 0 Å². The van der Waals surface area contributed by atoms with Crippen LogP contribution in [-0.4, -0.2) is 13.0 Å². The molecule has 3 nitrogen and oxygen atoms in total. The summed E-state index contributed by atoms with van der Waals surface area (Å²) >= 11 is 3.31. The van der Waals surface area contributed by atoms with Gasteiger partial charge in [0, 0.05) is 5.69 Å². The maximum absolute atomic E-state index is 13.7. The lowest BCUT2D eigenvalue weighted by atomic mass is 9.96. The monoisotopic (exact) mass is 348 g/mol. The molecular weight excluding hydrogens is 335 g/mol. The minimum atomic E-state index is -0.286. The van der Waals surface area contributed by atoms with E-state index in [1.165, 1.54) is 6.07 Å². The van der Waals surface area contributed by atoms with Gasteiger partial charge in [-0.3, -0.25) is 4.79 Å². The van der Waals surface area contributed by atoms with E-state index < -0.39 is 0 Å². The van der Waals surface area contributed by atoms with Crippen molar-refractivity contribution in [3.8, 4) is 0 Å². The molecule has 108 valence electrons. The molecule has 0 fully saturated rings. The lowest BCUT2D eigenvalue weighted by Gasteiger charge is -2.19. The fraction of sp³-hybridized carbons (Fsp3) is 0.188. The largest absolute Gasteiger partial charge is 0.326 e. The molecule has 1 unspecified atom stereocenters. The van der Waals surface area contributed by atoms with Crippen LogP contribution in [0.25, 0.3) is 0 Å². The van der Waals surface area contributed by atoms with E-state index in [1.807, 2.05) is 31.3 Å². The van der Waals surface area contributed by atoms with Crippen LogP contribution in [0.3, 0.4) is 0 Å². The predicted molar refractivity (Wildman–Crippen MR) is 83.8 cm³/mol. The molecule has 3 rings (SSSR count). The maximum atomic E-state index is 13.7. The molecule has 1 aliphatic heterocycles. The smallest absolute Gasteiger partial charge is 0.228 e. The van der Waals surface area contributed by atoms with Crippen LogP contribution in [0.4, 0.5) is 10.1 Å². The SMILES string of the molecule is CNC(c1ccc2c(c1)CC(=O)N2)c1cccc(F)c1Br. The van der Waals surface area contributed by atoms with Crippen molar-refractivity contribution in [2.45, 2.75) is 12.5 Å². The zero-order valence-electron chi connectivity index (χ0n) is 11.4. The second-order valence-corrected chi connectivity index (χ2v) is 5.80. The third-order valence-corrected chi connectivity index (χ3v) is 4.51. The van der Waals surface area contributed by atoms with Crippen molar-refractivity contribution in [2.75, 3.05) is 12.4 Å². The molecule has 0 saturated carbocycles. The third-order valence-electron chi connectivity index (χ3n) is 3.67.